The first-order valence-electron chi connectivity index (χ1n) is 8.63. The molecule has 6 heteroatoms. The van der Waals surface area contributed by atoms with Gasteiger partial charge in [0.15, 0.2) is 11.5 Å². The van der Waals surface area contributed by atoms with Crippen molar-refractivity contribution in [3.63, 3.8) is 0 Å². The van der Waals surface area contributed by atoms with Gasteiger partial charge in [-0.05, 0) is 18.6 Å². The van der Waals surface area contributed by atoms with Gasteiger partial charge in [-0.1, -0.05) is 0 Å². The average Bonchev–Trinajstić information content (AvgIpc) is 2.87. The minimum atomic E-state index is 0.633. The summed E-state index contributed by atoms with van der Waals surface area (Å²) >= 11 is 0. The molecule has 0 atom stereocenters. The zero-order chi connectivity index (χ0) is 16.4. The predicted octanol–water partition coefficient (Wildman–Crippen LogP) is 1.90. The molecule has 2 aliphatic heterocycles. The average molecular weight is 328 g/mol. The normalized spacial score (nSPS) is 18.5. The second kappa shape index (κ2) is 6.73. The molecule has 2 aromatic rings. The molecule has 3 heterocycles. The van der Waals surface area contributed by atoms with Gasteiger partial charge in [-0.15, -0.1) is 0 Å². The highest BCUT2D eigenvalue weighted by Crippen LogP contribution is 2.34. The third kappa shape index (κ3) is 3.19. The van der Waals surface area contributed by atoms with E-state index in [0.717, 1.165) is 56.5 Å². The Labute approximate surface area is 142 Å². The summed E-state index contributed by atoms with van der Waals surface area (Å²) in [5, 5.41) is 0. The zero-order valence-corrected chi connectivity index (χ0v) is 14.1. The topological polar surface area (TPSA) is 42.8 Å². The van der Waals surface area contributed by atoms with Crippen LogP contribution in [0.1, 0.15) is 12.2 Å². The van der Waals surface area contributed by atoms with Gasteiger partial charge in [0.2, 0.25) is 0 Å². The van der Waals surface area contributed by atoms with E-state index < -0.39 is 0 Å². The van der Waals surface area contributed by atoms with Crippen LogP contribution in [0.4, 0.5) is 5.69 Å². The minimum Gasteiger partial charge on any atom is -0.486 e. The molecule has 1 aromatic carbocycles. The van der Waals surface area contributed by atoms with E-state index in [1.165, 1.54) is 5.69 Å². The standard InChI is InChI=1S/C18H24N4O2/c1-20-8-5-19-18(20)14-21-6-2-7-22(10-9-21)15-3-4-16-17(13-15)24-12-11-23-16/h3-5,8,13H,2,6-7,9-12,14H2,1H3. The van der Waals surface area contributed by atoms with Gasteiger partial charge in [-0.3, -0.25) is 4.90 Å². The van der Waals surface area contributed by atoms with E-state index in [-0.39, 0.29) is 0 Å². The number of imidazole rings is 1. The fourth-order valence-corrected chi connectivity index (χ4v) is 3.36. The Balaban J connectivity index is 1.42. The first kappa shape index (κ1) is 15.3. The Morgan fingerprint density at radius 2 is 1.92 bits per heavy atom. The molecule has 0 spiro atoms. The molecule has 0 amide bonds. The van der Waals surface area contributed by atoms with Crippen LogP contribution in [0, 0.1) is 0 Å². The number of ether oxygens (including phenoxy) is 2. The fraction of sp³-hybridized carbons (Fsp3) is 0.500. The lowest BCUT2D eigenvalue weighted by Gasteiger charge is -2.26. The maximum Gasteiger partial charge on any atom is 0.163 e. The number of fused-ring (bicyclic) bond motifs is 1. The predicted molar refractivity (Wildman–Crippen MR) is 92.7 cm³/mol. The number of anilines is 1. The molecule has 0 saturated carbocycles. The van der Waals surface area contributed by atoms with Gasteiger partial charge in [-0.25, -0.2) is 4.98 Å². The highest BCUT2D eigenvalue weighted by molar-refractivity contribution is 5.57. The lowest BCUT2D eigenvalue weighted by Crippen LogP contribution is -2.31. The van der Waals surface area contributed by atoms with Crippen molar-refractivity contribution in [3.8, 4) is 11.5 Å². The molecular weight excluding hydrogens is 304 g/mol. The molecular formula is C18H24N4O2. The highest BCUT2D eigenvalue weighted by Gasteiger charge is 2.19. The Morgan fingerprint density at radius 1 is 1.04 bits per heavy atom. The lowest BCUT2D eigenvalue weighted by molar-refractivity contribution is 0.171. The van der Waals surface area contributed by atoms with Crippen LogP contribution < -0.4 is 14.4 Å². The van der Waals surface area contributed by atoms with Crippen molar-refractivity contribution < 1.29 is 9.47 Å². The number of aromatic nitrogens is 2. The van der Waals surface area contributed by atoms with Crippen LogP contribution in [0.3, 0.4) is 0 Å². The fourth-order valence-electron chi connectivity index (χ4n) is 3.36. The molecule has 0 bridgehead atoms. The van der Waals surface area contributed by atoms with Crippen LogP contribution >= 0.6 is 0 Å². The second-order valence-corrected chi connectivity index (χ2v) is 6.40. The third-order valence-electron chi connectivity index (χ3n) is 4.77. The molecule has 24 heavy (non-hydrogen) atoms. The van der Waals surface area contributed by atoms with Crippen LogP contribution in [0.2, 0.25) is 0 Å². The van der Waals surface area contributed by atoms with Crippen LogP contribution in [0.15, 0.2) is 30.6 Å². The number of nitrogens with zero attached hydrogens (tertiary/aromatic N) is 4. The maximum atomic E-state index is 5.72. The number of hydrogen-bond donors (Lipinski definition) is 0. The minimum absolute atomic E-state index is 0.633. The van der Waals surface area contributed by atoms with E-state index in [4.69, 9.17) is 9.47 Å². The van der Waals surface area contributed by atoms with Crippen molar-refractivity contribution in [2.24, 2.45) is 7.05 Å². The van der Waals surface area contributed by atoms with E-state index in [9.17, 15) is 0 Å². The number of benzene rings is 1. The molecule has 1 saturated heterocycles. The van der Waals surface area contributed by atoms with Crippen molar-refractivity contribution in [2.45, 2.75) is 13.0 Å². The molecule has 2 aliphatic rings. The summed E-state index contributed by atoms with van der Waals surface area (Å²) in [6, 6.07) is 6.28. The molecule has 1 aromatic heterocycles. The van der Waals surface area contributed by atoms with Crippen molar-refractivity contribution in [1.29, 1.82) is 0 Å². The summed E-state index contributed by atoms with van der Waals surface area (Å²) in [4.78, 5) is 9.37. The van der Waals surface area contributed by atoms with Gasteiger partial charge >= 0.3 is 0 Å². The van der Waals surface area contributed by atoms with E-state index in [0.29, 0.717) is 13.2 Å². The zero-order valence-electron chi connectivity index (χ0n) is 14.1. The Morgan fingerprint density at radius 3 is 2.75 bits per heavy atom. The van der Waals surface area contributed by atoms with Crippen LogP contribution in [-0.4, -0.2) is 53.8 Å². The van der Waals surface area contributed by atoms with Crippen LogP contribution in [0.5, 0.6) is 11.5 Å². The van der Waals surface area contributed by atoms with E-state index in [1.54, 1.807) is 0 Å². The summed E-state index contributed by atoms with van der Waals surface area (Å²) < 4.78 is 13.4. The number of rotatable bonds is 3. The Bertz CT molecular complexity index is 700. The molecule has 0 unspecified atom stereocenters. The number of hydrogen-bond acceptors (Lipinski definition) is 5. The lowest BCUT2D eigenvalue weighted by atomic mass is 10.2. The van der Waals surface area contributed by atoms with Gasteiger partial charge in [-0.2, -0.15) is 0 Å². The van der Waals surface area contributed by atoms with Crippen LogP contribution in [-0.2, 0) is 13.6 Å². The molecule has 4 rings (SSSR count). The monoisotopic (exact) mass is 328 g/mol. The maximum absolute atomic E-state index is 5.72. The smallest absolute Gasteiger partial charge is 0.163 e. The van der Waals surface area contributed by atoms with Crippen LogP contribution in [0.25, 0.3) is 0 Å². The summed E-state index contributed by atoms with van der Waals surface area (Å²) in [5.74, 6) is 2.85. The molecule has 0 aliphatic carbocycles. The van der Waals surface area contributed by atoms with E-state index in [1.807, 2.05) is 18.5 Å². The Kier molecular flexibility index (Phi) is 4.30. The SMILES string of the molecule is Cn1ccnc1CN1CCCN(c2ccc3c(c2)OCCO3)CC1. The van der Waals surface area contributed by atoms with Gasteiger partial charge in [0.05, 0.1) is 6.54 Å². The van der Waals surface area contributed by atoms with E-state index in [2.05, 4.69) is 38.5 Å². The molecule has 0 N–H and O–H groups in total. The summed E-state index contributed by atoms with van der Waals surface area (Å²) in [5.41, 5.74) is 1.22. The molecule has 6 nitrogen and oxygen atoms in total. The first-order valence-corrected chi connectivity index (χ1v) is 8.63. The third-order valence-corrected chi connectivity index (χ3v) is 4.77. The first-order chi connectivity index (χ1) is 11.8. The summed E-state index contributed by atoms with van der Waals surface area (Å²) in [7, 11) is 2.06. The van der Waals surface area contributed by atoms with Gasteiger partial charge < -0.3 is 18.9 Å². The van der Waals surface area contributed by atoms with Gasteiger partial charge in [0.25, 0.3) is 0 Å². The quantitative estimate of drug-likeness (QED) is 0.861. The molecule has 1 fully saturated rings. The Hall–Kier alpha value is -2.21. The number of aryl methyl sites for hydroxylation is 1. The van der Waals surface area contributed by atoms with Crippen molar-refractivity contribution in [1.82, 2.24) is 14.5 Å². The van der Waals surface area contributed by atoms with E-state index >= 15 is 0 Å². The molecule has 0 radical (unpaired) electrons. The van der Waals surface area contributed by atoms with Crippen molar-refractivity contribution in [2.75, 3.05) is 44.3 Å². The van der Waals surface area contributed by atoms with Gasteiger partial charge in [0, 0.05) is 57.4 Å². The van der Waals surface area contributed by atoms with Gasteiger partial charge in [0.1, 0.15) is 19.0 Å². The summed E-state index contributed by atoms with van der Waals surface area (Å²) in [6.07, 6.45) is 5.03. The molecule has 128 valence electrons. The van der Waals surface area contributed by atoms with Crippen molar-refractivity contribution >= 4 is 5.69 Å². The van der Waals surface area contributed by atoms with Crippen molar-refractivity contribution in [3.05, 3.63) is 36.4 Å². The largest absolute Gasteiger partial charge is 0.486 e. The summed E-state index contributed by atoms with van der Waals surface area (Å²) in [6.45, 7) is 6.42. The second-order valence-electron chi connectivity index (χ2n) is 6.40. The highest BCUT2D eigenvalue weighted by atomic mass is 16.6.